The zero-order valence-corrected chi connectivity index (χ0v) is 55.6. The van der Waals surface area contributed by atoms with E-state index in [9.17, 15) is 14.4 Å². The summed E-state index contributed by atoms with van der Waals surface area (Å²) >= 11 is 54.9. The van der Waals surface area contributed by atoms with Crippen LogP contribution in [0.25, 0.3) is 0 Å². The topological polar surface area (TPSA) is 136 Å². The van der Waals surface area contributed by atoms with Gasteiger partial charge in [0.2, 0.25) is 0 Å². The molecule has 7 rings (SSSR count). The minimum absolute atomic E-state index is 0.262. The summed E-state index contributed by atoms with van der Waals surface area (Å²) in [6.45, 7) is 5.73. The Hall–Kier alpha value is -1.56. The van der Waals surface area contributed by atoms with Crippen LogP contribution < -0.4 is 19.7 Å². The molecule has 3 aliphatic rings. The first-order valence-corrected chi connectivity index (χ1v) is 29.9. The minimum atomic E-state index is -2.24. The summed E-state index contributed by atoms with van der Waals surface area (Å²) in [5.74, 6) is 7.93. The normalized spacial score (nSPS) is 13.9. The van der Waals surface area contributed by atoms with Gasteiger partial charge in [-0.2, -0.15) is 0 Å². The van der Waals surface area contributed by atoms with E-state index in [0.717, 1.165) is 75.8 Å². The van der Waals surface area contributed by atoms with Gasteiger partial charge in [-0.1, -0.05) is 66.0 Å². The number of benzene rings is 4. The number of amides is 1. The quantitative estimate of drug-likeness (QED) is 0.0855. The van der Waals surface area contributed by atoms with Crippen LogP contribution in [0, 0.1) is 36.5 Å². The number of phenols is 1. The number of nitrogens with one attached hydrogen (secondary N) is 1. The second kappa shape index (κ2) is 40.6. The van der Waals surface area contributed by atoms with Crippen LogP contribution in [0.5, 0.6) is 17.2 Å². The number of hydrogen-bond donors (Lipinski definition) is 2. The zero-order valence-electron chi connectivity index (χ0n) is 40.8. The first-order chi connectivity index (χ1) is 35.7. The summed E-state index contributed by atoms with van der Waals surface area (Å²) in [4.78, 5) is 36.8. The number of nitrogens with zero attached hydrogens (tertiary/aromatic N) is 2. The number of hydrogen-bond acceptors (Lipinski definition) is 11. The molecule has 2 N–H and O–H groups in total. The standard InChI is InChI=1S/C15H15Br2NO2.C8H11N.C8H13N.C7H3Br2ClO2.C6H4Br2O.C4H8O.C3Cl6O3/c1-2-3-11-6-8-18(9-7-11)15(19)20-14-5-4-12(16)10-13(14)17;1-9(2)8-6-4-3-5-7-8;1-2-3-8-4-6-9-7-5-8;8-4-1-2-6(5(9)3-4)12-7(10)11;7-4-1-2-6(9)5(8)3-4;1-2-4-5-3-1;4-2(5,6)11-1(10)12-3(7,8)9/h1,4-5,10-11H,3,6-9H2;3-7H,1-2H3;1,8-9H,3-7H2;1-3H;1-3,9H;1-4H2;. The number of aromatic hydroxyl groups is 1. The van der Waals surface area contributed by atoms with Crippen LogP contribution in [0.4, 0.5) is 20.1 Å². The van der Waals surface area contributed by atoms with Gasteiger partial charge in [0, 0.05) is 83.9 Å². The molecule has 3 aliphatic heterocycles. The van der Waals surface area contributed by atoms with Crippen molar-refractivity contribution in [2.45, 2.75) is 59.3 Å². The van der Waals surface area contributed by atoms with Crippen molar-refractivity contribution in [1.82, 2.24) is 10.2 Å². The van der Waals surface area contributed by atoms with E-state index < -0.39 is 19.5 Å². The number of phenolic OH excluding ortho intramolecular Hbond substituents is 1. The summed E-state index contributed by atoms with van der Waals surface area (Å²) in [5, 5.41) is 12.3. The van der Waals surface area contributed by atoms with Crippen LogP contribution in [0.15, 0.2) is 112 Å². The van der Waals surface area contributed by atoms with Crippen molar-refractivity contribution in [1.29, 1.82) is 0 Å². The first kappa shape index (κ1) is 72.5. The van der Waals surface area contributed by atoms with Gasteiger partial charge >= 0.3 is 25.6 Å². The molecule has 418 valence electrons. The van der Waals surface area contributed by atoms with Gasteiger partial charge in [-0.25, -0.2) is 14.4 Å². The highest BCUT2D eigenvalue weighted by Gasteiger charge is 2.32. The summed E-state index contributed by atoms with van der Waals surface area (Å²) in [6.07, 6.45) is 17.6. The van der Waals surface area contributed by atoms with Crippen molar-refractivity contribution in [2.75, 3.05) is 58.4 Å². The zero-order chi connectivity index (χ0) is 57.3. The van der Waals surface area contributed by atoms with Crippen LogP contribution in [-0.2, 0) is 14.2 Å². The monoisotopic (exact) mass is 1570 g/mol. The van der Waals surface area contributed by atoms with Crippen molar-refractivity contribution in [3.8, 4) is 41.9 Å². The molecule has 3 fully saturated rings. The maximum absolute atomic E-state index is 12.1. The number of likely N-dealkylation sites (tertiary alicyclic amines) is 1. The molecule has 0 saturated carbocycles. The van der Waals surface area contributed by atoms with E-state index in [4.69, 9.17) is 109 Å². The van der Waals surface area contributed by atoms with Gasteiger partial charge in [-0.15, -0.1) is 24.7 Å². The SMILES string of the molecule is C#CCC1CCN(C(=O)Oc2ccc(Br)cc2Br)CC1.C#CCC1CCNCC1.C1CCOC1.CN(C)c1ccccc1.O=C(Cl)Oc1ccc(Br)cc1Br.O=C(OC(Cl)(Cl)Cl)OC(Cl)(Cl)Cl.Oc1ccc(Br)cc1Br. The third kappa shape index (κ3) is 36.6. The molecule has 12 nitrogen and oxygen atoms in total. The fourth-order valence-electron chi connectivity index (χ4n) is 6.03. The maximum atomic E-state index is 12.1. The minimum Gasteiger partial charge on any atom is -0.507 e. The molecule has 0 spiro atoms. The molecule has 4 aromatic rings. The molecule has 3 saturated heterocycles. The fourth-order valence-corrected chi connectivity index (χ4v) is 9.79. The molecule has 1 amide bonds. The number of rotatable bonds is 5. The average molecular weight is 1580 g/mol. The number of carbonyl (C=O) groups is 3. The third-order valence-electron chi connectivity index (χ3n) is 9.73. The number of alkyl halides is 6. The molecule has 4 aromatic carbocycles. The smallest absolute Gasteiger partial charge is 0.507 e. The summed E-state index contributed by atoms with van der Waals surface area (Å²) < 4.78 is 23.4. The molecule has 0 aliphatic carbocycles. The van der Waals surface area contributed by atoms with Crippen molar-refractivity contribution in [3.63, 3.8) is 0 Å². The number of carbonyl (C=O) groups excluding carboxylic acids is 3. The highest BCUT2D eigenvalue weighted by Crippen LogP contribution is 2.33. The molecule has 25 heteroatoms. The lowest BCUT2D eigenvalue weighted by atomic mass is 9.94. The van der Waals surface area contributed by atoms with Gasteiger partial charge in [0.15, 0.2) is 0 Å². The van der Waals surface area contributed by atoms with E-state index in [1.54, 1.807) is 47.4 Å². The van der Waals surface area contributed by atoms with E-state index >= 15 is 0 Å². The van der Waals surface area contributed by atoms with E-state index in [1.165, 1.54) is 31.4 Å². The summed E-state index contributed by atoms with van der Waals surface area (Å²) in [5.41, 5.74) is 0.399. The molecular weight excluding hydrogens is 1530 g/mol. The van der Waals surface area contributed by atoms with Gasteiger partial charge in [0.1, 0.15) is 17.2 Å². The largest absolute Gasteiger partial charge is 0.515 e. The fraction of sp³-hybridized carbons (Fsp3) is 0.392. The first-order valence-electron chi connectivity index (χ1n) is 22.5. The van der Waals surface area contributed by atoms with Gasteiger partial charge in [0.25, 0.3) is 0 Å². The van der Waals surface area contributed by atoms with Gasteiger partial charge in [0.05, 0.1) is 13.4 Å². The second-order valence-corrected chi connectivity index (χ2v) is 25.8. The van der Waals surface area contributed by atoms with Crippen molar-refractivity contribution in [3.05, 3.63) is 112 Å². The van der Waals surface area contributed by atoms with Crippen molar-refractivity contribution < 1.29 is 43.2 Å². The number of para-hydroxylation sites is 1. The molecule has 0 aromatic heterocycles. The summed E-state index contributed by atoms with van der Waals surface area (Å²) in [6, 6.07) is 26.0. The van der Waals surface area contributed by atoms with Crippen LogP contribution in [0.2, 0.25) is 0 Å². The molecule has 0 atom stereocenters. The molecule has 0 bridgehead atoms. The highest BCUT2D eigenvalue weighted by atomic mass is 79.9. The van der Waals surface area contributed by atoms with Crippen LogP contribution in [0.1, 0.15) is 51.4 Å². The van der Waals surface area contributed by atoms with Crippen molar-refractivity contribution >= 4 is 200 Å². The van der Waals surface area contributed by atoms with Gasteiger partial charge < -0.3 is 43.9 Å². The summed E-state index contributed by atoms with van der Waals surface area (Å²) in [7, 11) is 4.07. The van der Waals surface area contributed by atoms with E-state index in [0.29, 0.717) is 39.5 Å². The number of anilines is 1. The molecular formula is C51H54Br6Cl7N3O9. The van der Waals surface area contributed by atoms with E-state index in [-0.39, 0.29) is 11.8 Å². The molecule has 0 unspecified atom stereocenters. The van der Waals surface area contributed by atoms with Crippen LogP contribution in [-0.4, -0.2) is 89.1 Å². The molecule has 0 radical (unpaired) electrons. The van der Waals surface area contributed by atoms with E-state index in [2.05, 4.69) is 144 Å². The Morgan fingerprint density at radius 2 is 1.12 bits per heavy atom. The lowest BCUT2D eigenvalue weighted by Gasteiger charge is -2.30. The number of halogens is 13. The number of ether oxygens (including phenoxy) is 5. The van der Waals surface area contributed by atoms with E-state index in [1.807, 2.05) is 44.4 Å². The third-order valence-corrected chi connectivity index (χ3v) is 13.6. The van der Waals surface area contributed by atoms with Crippen LogP contribution in [0.3, 0.4) is 0 Å². The Kier molecular flexibility index (Phi) is 38.7. The Labute approximate surface area is 531 Å². The second-order valence-electron chi connectivity index (χ2n) is 15.8. The lowest BCUT2D eigenvalue weighted by molar-refractivity contribution is 0.0508. The maximum Gasteiger partial charge on any atom is 0.515 e. The Balaban J connectivity index is 0.000000459. The van der Waals surface area contributed by atoms with Crippen LogP contribution >= 0.6 is 177 Å². The number of terminal acetylenes is 2. The Morgan fingerprint density at radius 3 is 1.47 bits per heavy atom. The molecule has 3 heterocycles. The average Bonchev–Trinajstić information content (AvgIpc) is 3.94. The van der Waals surface area contributed by atoms with Crippen molar-refractivity contribution in [2.24, 2.45) is 11.8 Å². The van der Waals surface area contributed by atoms with Gasteiger partial charge in [-0.3, -0.25) is 0 Å². The Morgan fingerprint density at radius 1 is 0.684 bits per heavy atom. The highest BCUT2D eigenvalue weighted by molar-refractivity contribution is 9.11. The number of piperidine rings is 2. The molecule has 76 heavy (non-hydrogen) atoms. The predicted octanol–water partition coefficient (Wildman–Crippen LogP) is 18.7. The van der Waals surface area contributed by atoms with Gasteiger partial charge in [-0.05, 0) is 248 Å². The predicted molar refractivity (Wildman–Crippen MR) is 331 cm³/mol. The lowest BCUT2D eigenvalue weighted by Crippen LogP contribution is -2.40. The Bertz CT molecular complexity index is 2410.